The van der Waals surface area contributed by atoms with E-state index in [1.165, 1.54) is 5.56 Å². The van der Waals surface area contributed by atoms with E-state index in [-0.39, 0.29) is 0 Å². The summed E-state index contributed by atoms with van der Waals surface area (Å²) in [6.07, 6.45) is 0.846. The first kappa shape index (κ1) is 17.8. The molecule has 0 unspecified atom stereocenters. The highest BCUT2D eigenvalue weighted by atomic mass is 35.5. The van der Waals surface area contributed by atoms with Crippen LogP contribution in [0, 0.1) is 0 Å². The van der Waals surface area contributed by atoms with Gasteiger partial charge in [-0.1, -0.05) is 29.3 Å². The van der Waals surface area contributed by atoms with E-state index in [1.807, 2.05) is 35.9 Å². The zero-order chi connectivity index (χ0) is 17.8. The number of aromatic nitrogens is 1. The molecule has 2 heterocycles. The Bertz CT molecular complexity index is 789. The minimum Gasteiger partial charge on any atom is -0.454 e. The second-order valence-electron chi connectivity index (χ2n) is 5.62. The highest BCUT2D eigenvalue weighted by molar-refractivity contribution is 6.41. The van der Waals surface area contributed by atoms with Crippen LogP contribution in [-0.4, -0.2) is 30.9 Å². The van der Waals surface area contributed by atoms with Crippen molar-refractivity contribution < 1.29 is 9.47 Å². The Morgan fingerprint density at radius 2 is 2.00 bits per heavy atom. The van der Waals surface area contributed by atoms with Crippen molar-refractivity contribution >= 4 is 29.2 Å². The molecule has 0 radical (unpaired) electrons. The van der Waals surface area contributed by atoms with Crippen molar-refractivity contribution in [2.24, 2.45) is 12.0 Å². The van der Waals surface area contributed by atoms with E-state index in [0.29, 0.717) is 29.5 Å². The lowest BCUT2D eigenvalue weighted by Crippen LogP contribution is -2.38. The molecule has 0 fully saturated rings. The molecule has 134 valence electrons. The number of benzene rings is 1. The molecule has 1 aliphatic rings. The van der Waals surface area contributed by atoms with E-state index in [1.54, 1.807) is 7.05 Å². The number of fused-ring (bicyclic) bond motifs is 1. The molecule has 8 heteroatoms. The first-order chi connectivity index (χ1) is 12.1. The summed E-state index contributed by atoms with van der Waals surface area (Å²) in [6, 6.07) is 7.83. The Hall–Kier alpha value is -2.05. The Balaban J connectivity index is 1.48. The van der Waals surface area contributed by atoms with Crippen LogP contribution in [0.15, 0.2) is 29.3 Å². The molecule has 1 aromatic heterocycles. The van der Waals surface area contributed by atoms with Crippen molar-refractivity contribution in [3.05, 3.63) is 45.7 Å². The number of nitrogens with zero attached hydrogens (tertiary/aromatic N) is 2. The normalized spacial score (nSPS) is 13.2. The molecule has 0 bridgehead atoms. The molecule has 6 nitrogen and oxygen atoms in total. The predicted octanol–water partition coefficient (Wildman–Crippen LogP) is 2.97. The highest BCUT2D eigenvalue weighted by Crippen LogP contribution is 2.32. The second kappa shape index (κ2) is 7.89. The van der Waals surface area contributed by atoms with Crippen LogP contribution in [0.25, 0.3) is 0 Å². The lowest BCUT2D eigenvalue weighted by molar-refractivity contribution is 0.174. The minimum absolute atomic E-state index is 0.292. The number of nitrogens with one attached hydrogen (secondary N) is 2. The number of ether oxygens (including phenoxy) is 2. The average Bonchev–Trinajstić information content (AvgIpc) is 3.18. The highest BCUT2D eigenvalue weighted by Gasteiger charge is 2.13. The maximum Gasteiger partial charge on any atom is 0.231 e. The van der Waals surface area contributed by atoms with Crippen molar-refractivity contribution in [2.45, 2.75) is 13.0 Å². The molecular weight excluding hydrogens is 363 g/mol. The molecule has 0 aliphatic carbocycles. The maximum absolute atomic E-state index is 6.08. The molecule has 0 saturated carbocycles. The maximum atomic E-state index is 6.08. The quantitative estimate of drug-likeness (QED) is 0.616. The van der Waals surface area contributed by atoms with Crippen LogP contribution in [0.5, 0.6) is 11.5 Å². The second-order valence-corrected chi connectivity index (χ2v) is 6.39. The Labute approximate surface area is 156 Å². The fraction of sp³-hybridized carbons (Fsp3) is 0.353. The standard InChI is InChI=1S/C17H20Cl2N4O2/c1-20-17(22-9-12-8-13(18)16(19)23(12)2)21-6-5-11-3-4-14-15(7-11)25-10-24-14/h3-4,7-8H,5-6,9-10H2,1-2H3,(H2,20,21,22). The van der Waals surface area contributed by atoms with Gasteiger partial charge in [0.25, 0.3) is 0 Å². The summed E-state index contributed by atoms with van der Waals surface area (Å²) in [5.41, 5.74) is 2.15. The van der Waals surface area contributed by atoms with E-state index >= 15 is 0 Å². The van der Waals surface area contributed by atoms with Gasteiger partial charge in [0.2, 0.25) is 6.79 Å². The topological polar surface area (TPSA) is 59.8 Å². The van der Waals surface area contributed by atoms with Crippen molar-refractivity contribution in [1.82, 2.24) is 15.2 Å². The summed E-state index contributed by atoms with van der Waals surface area (Å²) in [7, 11) is 3.61. The van der Waals surface area contributed by atoms with Gasteiger partial charge in [-0.2, -0.15) is 0 Å². The Morgan fingerprint density at radius 1 is 1.20 bits per heavy atom. The van der Waals surface area contributed by atoms with Gasteiger partial charge in [-0.3, -0.25) is 4.99 Å². The summed E-state index contributed by atoms with van der Waals surface area (Å²) >= 11 is 12.1. The van der Waals surface area contributed by atoms with Crippen molar-refractivity contribution in [3.8, 4) is 11.5 Å². The van der Waals surface area contributed by atoms with Crippen LogP contribution in [-0.2, 0) is 20.0 Å². The van der Waals surface area contributed by atoms with Gasteiger partial charge in [-0.15, -0.1) is 0 Å². The number of halogens is 2. The van der Waals surface area contributed by atoms with Gasteiger partial charge in [0.05, 0.1) is 11.6 Å². The van der Waals surface area contributed by atoms with Gasteiger partial charge in [0.1, 0.15) is 5.15 Å². The monoisotopic (exact) mass is 382 g/mol. The van der Waals surface area contributed by atoms with Crippen LogP contribution in [0.3, 0.4) is 0 Å². The van der Waals surface area contributed by atoms with E-state index < -0.39 is 0 Å². The molecule has 2 aromatic rings. The minimum atomic E-state index is 0.292. The fourth-order valence-electron chi connectivity index (χ4n) is 2.58. The largest absolute Gasteiger partial charge is 0.454 e. The van der Waals surface area contributed by atoms with Crippen LogP contribution in [0.2, 0.25) is 10.2 Å². The molecular formula is C17H20Cl2N4O2. The first-order valence-corrected chi connectivity index (χ1v) is 8.66. The zero-order valence-electron chi connectivity index (χ0n) is 14.1. The van der Waals surface area contributed by atoms with Gasteiger partial charge in [-0.05, 0) is 30.2 Å². The molecule has 0 saturated heterocycles. The molecule has 2 N–H and O–H groups in total. The summed E-state index contributed by atoms with van der Waals surface area (Å²) in [6.45, 7) is 1.61. The van der Waals surface area contributed by atoms with E-state index in [0.717, 1.165) is 30.2 Å². The summed E-state index contributed by atoms with van der Waals surface area (Å²) in [5.74, 6) is 2.32. The molecule has 1 aliphatic heterocycles. The first-order valence-electron chi connectivity index (χ1n) is 7.91. The third kappa shape index (κ3) is 4.14. The third-order valence-corrected chi connectivity index (χ3v) is 4.86. The third-order valence-electron chi connectivity index (χ3n) is 4.02. The zero-order valence-corrected chi connectivity index (χ0v) is 15.6. The van der Waals surface area contributed by atoms with Gasteiger partial charge in [0, 0.05) is 26.3 Å². The van der Waals surface area contributed by atoms with Gasteiger partial charge >= 0.3 is 0 Å². The Kier molecular flexibility index (Phi) is 5.60. The number of guanidine groups is 1. The van der Waals surface area contributed by atoms with Gasteiger partial charge in [-0.25, -0.2) is 0 Å². The van der Waals surface area contributed by atoms with Crippen LogP contribution in [0.4, 0.5) is 0 Å². The molecule has 1 aromatic carbocycles. The lowest BCUT2D eigenvalue weighted by Gasteiger charge is -2.12. The van der Waals surface area contributed by atoms with Crippen LogP contribution in [0.1, 0.15) is 11.3 Å². The summed E-state index contributed by atoms with van der Waals surface area (Å²) in [5, 5.41) is 7.62. The van der Waals surface area contributed by atoms with Crippen LogP contribution >= 0.6 is 23.2 Å². The molecule has 0 atom stereocenters. The summed E-state index contributed by atoms with van der Waals surface area (Å²) in [4.78, 5) is 4.23. The number of rotatable bonds is 5. The molecule has 0 spiro atoms. The van der Waals surface area contributed by atoms with Crippen molar-refractivity contribution in [2.75, 3.05) is 20.4 Å². The molecule has 3 rings (SSSR count). The SMILES string of the molecule is CN=C(NCCc1ccc2c(c1)OCO2)NCc1cc(Cl)c(Cl)n1C. The fourth-order valence-corrected chi connectivity index (χ4v) is 2.99. The lowest BCUT2D eigenvalue weighted by atomic mass is 10.1. The summed E-state index contributed by atoms with van der Waals surface area (Å²) < 4.78 is 12.6. The van der Waals surface area contributed by atoms with E-state index in [2.05, 4.69) is 15.6 Å². The number of hydrogen-bond acceptors (Lipinski definition) is 3. The average molecular weight is 383 g/mol. The smallest absolute Gasteiger partial charge is 0.231 e. The molecule has 0 amide bonds. The van der Waals surface area contributed by atoms with Gasteiger partial charge < -0.3 is 24.7 Å². The predicted molar refractivity (Wildman–Crippen MR) is 99.9 cm³/mol. The number of aliphatic imine (C=N–C) groups is 1. The van der Waals surface area contributed by atoms with Crippen molar-refractivity contribution in [1.29, 1.82) is 0 Å². The Morgan fingerprint density at radius 3 is 2.72 bits per heavy atom. The van der Waals surface area contributed by atoms with E-state index in [9.17, 15) is 0 Å². The molecule has 25 heavy (non-hydrogen) atoms. The van der Waals surface area contributed by atoms with Gasteiger partial charge in [0.15, 0.2) is 17.5 Å². The van der Waals surface area contributed by atoms with Crippen LogP contribution < -0.4 is 20.1 Å². The number of hydrogen-bond donors (Lipinski definition) is 2. The van der Waals surface area contributed by atoms with E-state index in [4.69, 9.17) is 32.7 Å². The van der Waals surface area contributed by atoms with Crippen molar-refractivity contribution in [3.63, 3.8) is 0 Å².